The van der Waals surface area contributed by atoms with Crippen LogP contribution in [0.3, 0.4) is 0 Å². The molecular formula is C20H29NO10. The second kappa shape index (κ2) is 10.2. The van der Waals surface area contributed by atoms with Crippen LogP contribution in [0.5, 0.6) is 5.75 Å². The summed E-state index contributed by atoms with van der Waals surface area (Å²) in [5.41, 5.74) is 0. The zero-order valence-electron chi connectivity index (χ0n) is 17.1. The molecule has 3 rings (SSSR count). The predicted molar refractivity (Wildman–Crippen MR) is 104 cm³/mol. The molecule has 2 heterocycles. The van der Waals surface area contributed by atoms with Gasteiger partial charge in [0.15, 0.2) is 6.29 Å². The van der Waals surface area contributed by atoms with E-state index < -0.39 is 73.9 Å². The molecule has 1 aromatic rings. The van der Waals surface area contributed by atoms with Gasteiger partial charge in [0.05, 0.1) is 12.7 Å². The number of nitrogens with one attached hydrogen (secondary N) is 1. The number of amides is 1. The third kappa shape index (κ3) is 5.33. The highest BCUT2D eigenvalue weighted by Crippen LogP contribution is 2.30. The van der Waals surface area contributed by atoms with Crippen LogP contribution in [0.2, 0.25) is 0 Å². The van der Waals surface area contributed by atoms with E-state index in [-0.39, 0.29) is 0 Å². The number of hydrogen-bond acceptors (Lipinski definition) is 10. The van der Waals surface area contributed by atoms with Crippen molar-refractivity contribution in [1.82, 2.24) is 5.32 Å². The fourth-order valence-corrected chi connectivity index (χ4v) is 3.63. The molecule has 2 aliphatic heterocycles. The second-order valence-corrected chi connectivity index (χ2v) is 7.66. The zero-order chi connectivity index (χ0) is 22.7. The van der Waals surface area contributed by atoms with Crippen LogP contribution in [0, 0.1) is 0 Å². The summed E-state index contributed by atoms with van der Waals surface area (Å²) in [4.78, 5) is 11.9. The summed E-state index contributed by atoms with van der Waals surface area (Å²) in [7, 11) is 0. The monoisotopic (exact) mass is 443 g/mol. The minimum atomic E-state index is -1.62. The van der Waals surface area contributed by atoms with Gasteiger partial charge in [-0.15, -0.1) is 0 Å². The molecule has 1 amide bonds. The van der Waals surface area contributed by atoms with Gasteiger partial charge >= 0.3 is 0 Å². The molecule has 10 atom stereocenters. The Labute approximate surface area is 179 Å². The lowest BCUT2D eigenvalue weighted by atomic mass is 9.95. The standard InChI is InChI=1S/C20H29NO10/c1-9-14(24)16(26)17(27)20(28-9)31-18-13(21-10(2)23)19(30-12(8-22)15(18)25)29-11-6-4-3-5-7-11/h3-7,9,12-20,22,24-27H,8H2,1-2H3,(H,21,23)/t9-,12+,13+,14+,15+,16+,17-,18+,19+,20-/m0/s1. The summed E-state index contributed by atoms with van der Waals surface area (Å²) in [6.45, 7) is 2.17. The third-order valence-electron chi connectivity index (χ3n) is 5.32. The van der Waals surface area contributed by atoms with Crippen LogP contribution in [0.25, 0.3) is 0 Å². The van der Waals surface area contributed by atoms with E-state index in [0.717, 1.165) is 0 Å². The highest BCUT2D eigenvalue weighted by molar-refractivity contribution is 5.73. The van der Waals surface area contributed by atoms with Crippen molar-refractivity contribution in [2.45, 2.75) is 75.2 Å². The number of aliphatic hydroxyl groups is 5. The first kappa shape index (κ1) is 23.8. The first-order valence-electron chi connectivity index (χ1n) is 10.0. The molecular weight excluding hydrogens is 414 g/mol. The van der Waals surface area contributed by atoms with Gasteiger partial charge in [-0.05, 0) is 19.1 Å². The largest absolute Gasteiger partial charge is 0.463 e. The van der Waals surface area contributed by atoms with Crippen molar-refractivity contribution < 1.29 is 49.3 Å². The number of rotatable bonds is 6. The van der Waals surface area contributed by atoms with Crippen LogP contribution >= 0.6 is 0 Å². The van der Waals surface area contributed by atoms with Crippen molar-refractivity contribution in [1.29, 1.82) is 0 Å². The normalized spacial score (nSPS) is 40.9. The van der Waals surface area contributed by atoms with E-state index in [0.29, 0.717) is 5.75 Å². The van der Waals surface area contributed by atoms with E-state index in [1.165, 1.54) is 13.8 Å². The average Bonchev–Trinajstić information content (AvgIpc) is 2.74. The SMILES string of the molecule is CC(=O)N[C@H]1[C@H](Oc2ccccc2)O[C@H](CO)[C@@H](O)[C@@H]1O[C@@H]1O[C@@H](C)[C@@H](O)[C@@H](O)[C@@H]1O. The van der Waals surface area contributed by atoms with Crippen molar-refractivity contribution in [3.05, 3.63) is 30.3 Å². The number of carbonyl (C=O) groups excluding carboxylic acids is 1. The van der Waals surface area contributed by atoms with Crippen molar-refractivity contribution >= 4 is 5.91 Å². The first-order valence-corrected chi connectivity index (χ1v) is 10.0. The smallest absolute Gasteiger partial charge is 0.223 e. The Kier molecular flexibility index (Phi) is 7.83. The molecule has 174 valence electrons. The van der Waals surface area contributed by atoms with Crippen molar-refractivity contribution in [2.24, 2.45) is 0 Å². The third-order valence-corrected chi connectivity index (χ3v) is 5.32. The lowest BCUT2D eigenvalue weighted by Crippen LogP contribution is -2.68. The minimum Gasteiger partial charge on any atom is -0.463 e. The highest BCUT2D eigenvalue weighted by Gasteiger charge is 2.51. The molecule has 0 bridgehead atoms. The molecule has 0 aromatic heterocycles. The van der Waals surface area contributed by atoms with E-state index >= 15 is 0 Å². The van der Waals surface area contributed by atoms with E-state index in [2.05, 4.69) is 5.32 Å². The fraction of sp³-hybridized carbons (Fsp3) is 0.650. The highest BCUT2D eigenvalue weighted by atomic mass is 16.7. The van der Waals surface area contributed by atoms with Gasteiger partial charge in [-0.25, -0.2) is 0 Å². The van der Waals surface area contributed by atoms with Crippen molar-refractivity contribution in [3.63, 3.8) is 0 Å². The Morgan fingerprint density at radius 1 is 1.00 bits per heavy atom. The van der Waals surface area contributed by atoms with Crippen LogP contribution in [0.15, 0.2) is 30.3 Å². The van der Waals surface area contributed by atoms with E-state index in [9.17, 15) is 30.3 Å². The van der Waals surface area contributed by atoms with Gasteiger partial charge in [0.2, 0.25) is 12.2 Å². The van der Waals surface area contributed by atoms with Crippen LogP contribution in [-0.2, 0) is 19.0 Å². The summed E-state index contributed by atoms with van der Waals surface area (Å²) >= 11 is 0. The summed E-state index contributed by atoms with van der Waals surface area (Å²) in [6.07, 6.45) is -11.8. The Morgan fingerprint density at radius 2 is 1.68 bits per heavy atom. The molecule has 0 saturated carbocycles. The number of carbonyl (C=O) groups is 1. The molecule has 2 fully saturated rings. The topological polar surface area (TPSA) is 167 Å². The van der Waals surface area contributed by atoms with Crippen molar-refractivity contribution in [3.8, 4) is 5.75 Å². The Hall–Kier alpha value is -1.83. The van der Waals surface area contributed by atoms with Crippen molar-refractivity contribution in [2.75, 3.05) is 6.61 Å². The molecule has 0 unspecified atom stereocenters. The summed E-state index contributed by atoms with van der Waals surface area (Å²) < 4.78 is 22.7. The molecule has 0 radical (unpaired) electrons. The average molecular weight is 443 g/mol. The zero-order valence-corrected chi connectivity index (χ0v) is 17.1. The molecule has 0 aliphatic carbocycles. The van der Waals surface area contributed by atoms with Gasteiger partial charge in [0.1, 0.15) is 48.4 Å². The maximum atomic E-state index is 11.9. The molecule has 2 saturated heterocycles. The van der Waals surface area contributed by atoms with E-state index in [1.54, 1.807) is 30.3 Å². The Balaban J connectivity index is 1.87. The van der Waals surface area contributed by atoms with Gasteiger partial charge in [0, 0.05) is 6.92 Å². The van der Waals surface area contributed by atoms with E-state index in [4.69, 9.17) is 18.9 Å². The molecule has 6 N–H and O–H groups in total. The molecule has 31 heavy (non-hydrogen) atoms. The summed E-state index contributed by atoms with van der Waals surface area (Å²) in [6, 6.07) is 7.52. The number of aliphatic hydroxyl groups excluding tert-OH is 5. The lowest BCUT2D eigenvalue weighted by Gasteiger charge is -2.47. The minimum absolute atomic E-state index is 0.413. The Morgan fingerprint density at radius 3 is 2.29 bits per heavy atom. The number of para-hydroxylation sites is 1. The lowest BCUT2D eigenvalue weighted by molar-refractivity contribution is -0.335. The van der Waals surface area contributed by atoms with Gasteiger partial charge in [-0.2, -0.15) is 0 Å². The van der Waals surface area contributed by atoms with Gasteiger partial charge in [-0.1, -0.05) is 18.2 Å². The van der Waals surface area contributed by atoms with Gasteiger partial charge < -0.3 is 49.8 Å². The van der Waals surface area contributed by atoms with Gasteiger partial charge in [-0.3, -0.25) is 4.79 Å². The molecule has 2 aliphatic rings. The van der Waals surface area contributed by atoms with Crippen LogP contribution in [0.1, 0.15) is 13.8 Å². The number of hydrogen-bond donors (Lipinski definition) is 6. The number of ether oxygens (including phenoxy) is 4. The molecule has 11 heteroatoms. The Bertz CT molecular complexity index is 721. The number of benzene rings is 1. The second-order valence-electron chi connectivity index (χ2n) is 7.66. The first-order chi connectivity index (χ1) is 14.7. The fourth-order valence-electron chi connectivity index (χ4n) is 3.63. The molecule has 1 aromatic carbocycles. The van der Waals surface area contributed by atoms with Crippen LogP contribution in [-0.4, -0.2) is 99.4 Å². The maximum absolute atomic E-state index is 11.9. The molecule has 11 nitrogen and oxygen atoms in total. The predicted octanol–water partition coefficient (Wildman–Crippen LogP) is -2.14. The van der Waals surface area contributed by atoms with Gasteiger partial charge in [0.25, 0.3) is 0 Å². The van der Waals surface area contributed by atoms with E-state index in [1.807, 2.05) is 0 Å². The quantitative estimate of drug-likeness (QED) is 0.286. The summed E-state index contributed by atoms with van der Waals surface area (Å²) in [5.74, 6) is -0.0526. The summed E-state index contributed by atoms with van der Waals surface area (Å²) in [5, 5.41) is 53.2. The van der Waals surface area contributed by atoms with Crippen LogP contribution in [0.4, 0.5) is 0 Å². The maximum Gasteiger partial charge on any atom is 0.223 e. The molecule has 0 spiro atoms. The van der Waals surface area contributed by atoms with Crippen LogP contribution < -0.4 is 10.1 Å².